The Morgan fingerprint density at radius 3 is 2.21 bits per heavy atom. The Bertz CT molecular complexity index is 1100. The van der Waals surface area contributed by atoms with Crippen LogP contribution in [0.15, 0.2) is 78.9 Å². The second-order valence-electron chi connectivity index (χ2n) is 8.38. The standard InChI is InChI=1S/C27H29NO5/c1-18(20-11-8-14-23(29)17-20)24(15-19-9-5-4-6-10-19)25(28(2)3)33-27(32)22-13-7-12-21(16-22)26(30)31/h4-14,16-18,24-25,29H,15H2,1-3H3,(H,30,31). The summed E-state index contributed by atoms with van der Waals surface area (Å²) in [6, 6.07) is 22.9. The monoisotopic (exact) mass is 447 g/mol. The van der Waals surface area contributed by atoms with E-state index in [0.29, 0.717) is 6.42 Å². The Kier molecular flexibility index (Phi) is 7.85. The Labute approximate surface area is 194 Å². The molecule has 0 bridgehead atoms. The second kappa shape index (κ2) is 10.8. The van der Waals surface area contributed by atoms with Gasteiger partial charge in [0.15, 0.2) is 6.23 Å². The van der Waals surface area contributed by atoms with Crippen LogP contribution < -0.4 is 0 Å². The van der Waals surface area contributed by atoms with Crippen molar-refractivity contribution in [3.05, 3.63) is 101 Å². The summed E-state index contributed by atoms with van der Waals surface area (Å²) < 4.78 is 5.97. The van der Waals surface area contributed by atoms with Crippen molar-refractivity contribution in [1.29, 1.82) is 0 Å². The SMILES string of the molecule is CC(c1cccc(O)c1)C(Cc1ccccc1)C(OC(=O)c1cccc(C(=O)O)c1)N(C)C. The highest BCUT2D eigenvalue weighted by atomic mass is 16.6. The highest BCUT2D eigenvalue weighted by molar-refractivity contribution is 5.94. The van der Waals surface area contributed by atoms with Crippen LogP contribution in [0.5, 0.6) is 5.75 Å². The number of aromatic carboxylic acids is 1. The van der Waals surface area contributed by atoms with E-state index in [2.05, 4.69) is 6.92 Å². The van der Waals surface area contributed by atoms with E-state index in [1.54, 1.807) is 24.3 Å². The number of phenols is 1. The van der Waals surface area contributed by atoms with Crippen LogP contribution in [0.1, 0.15) is 44.7 Å². The van der Waals surface area contributed by atoms with E-state index in [0.717, 1.165) is 11.1 Å². The number of carboxylic acid groups (broad SMARTS) is 1. The fourth-order valence-corrected chi connectivity index (χ4v) is 4.00. The molecule has 0 saturated heterocycles. The predicted molar refractivity (Wildman–Crippen MR) is 126 cm³/mol. The maximum atomic E-state index is 13.0. The van der Waals surface area contributed by atoms with Crippen LogP contribution in [0.2, 0.25) is 0 Å². The molecule has 33 heavy (non-hydrogen) atoms. The molecule has 0 saturated carbocycles. The van der Waals surface area contributed by atoms with Gasteiger partial charge in [-0.15, -0.1) is 0 Å². The van der Waals surface area contributed by atoms with Crippen LogP contribution in [0, 0.1) is 5.92 Å². The van der Waals surface area contributed by atoms with Gasteiger partial charge < -0.3 is 14.9 Å². The van der Waals surface area contributed by atoms with Crippen molar-refractivity contribution in [3.8, 4) is 5.75 Å². The molecule has 0 amide bonds. The Balaban J connectivity index is 1.94. The van der Waals surface area contributed by atoms with E-state index in [1.807, 2.05) is 55.4 Å². The van der Waals surface area contributed by atoms with Crippen molar-refractivity contribution < 1.29 is 24.5 Å². The molecule has 3 aromatic carbocycles. The molecule has 6 nitrogen and oxygen atoms in total. The number of carboxylic acids is 1. The van der Waals surface area contributed by atoms with Crippen LogP contribution in [0.25, 0.3) is 0 Å². The normalized spacial score (nSPS) is 13.8. The van der Waals surface area contributed by atoms with Gasteiger partial charge in [0, 0.05) is 5.92 Å². The van der Waals surface area contributed by atoms with Gasteiger partial charge in [-0.2, -0.15) is 0 Å². The van der Waals surface area contributed by atoms with Gasteiger partial charge in [0.2, 0.25) is 0 Å². The van der Waals surface area contributed by atoms with Gasteiger partial charge in [-0.1, -0.05) is 55.5 Å². The number of aromatic hydroxyl groups is 1. The van der Waals surface area contributed by atoms with Crippen molar-refractivity contribution in [2.24, 2.45) is 5.92 Å². The van der Waals surface area contributed by atoms with Crippen LogP contribution in [-0.4, -0.2) is 47.4 Å². The average molecular weight is 448 g/mol. The summed E-state index contributed by atoms with van der Waals surface area (Å²) >= 11 is 0. The van der Waals surface area contributed by atoms with Gasteiger partial charge in [0.25, 0.3) is 0 Å². The van der Waals surface area contributed by atoms with Crippen molar-refractivity contribution in [2.75, 3.05) is 14.1 Å². The second-order valence-corrected chi connectivity index (χ2v) is 8.38. The molecule has 0 radical (unpaired) electrons. The van der Waals surface area contributed by atoms with E-state index in [-0.39, 0.29) is 28.7 Å². The van der Waals surface area contributed by atoms with Crippen LogP contribution in [0.3, 0.4) is 0 Å². The molecule has 3 aromatic rings. The van der Waals surface area contributed by atoms with Gasteiger partial charge in [-0.25, -0.2) is 9.59 Å². The quantitative estimate of drug-likeness (QED) is 0.362. The highest BCUT2D eigenvalue weighted by Crippen LogP contribution is 2.34. The molecule has 0 aliphatic rings. The molecule has 0 aromatic heterocycles. The van der Waals surface area contributed by atoms with Crippen molar-refractivity contribution in [3.63, 3.8) is 0 Å². The van der Waals surface area contributed by atoms with Crippen molar-refractivity contribution >= 4 is 11.9 Å². The average Bonchev–Trinajstić information content (AvgIpc) is 2.81. The molecule has 6 heteroatoms. The summed E-state index contributed by atoms with van der Waals surface area (Å²) in [5, 5.41) is 19.3. The first-order valence-electron chi connectivity index (χ1n) is 10.8. The number of carbonyl (C=O) groups excluding carboxylic acids is 1. The third-order valence-corrected chi connectivity index (χ3v) is 5.80. The summed E-state index contributed by atoms with van der Waals surface area (Å²) in [7, 11) is 3.69. The molecule has 0 aliphatic heterocycles. The molecule has 0 spiro atoms. The first-order valence-corrected chi connectivity index (χ1v) is 10.8. The minimum atomic E-state index is -1.10. The molecule has 0 aliphatic carbocycles. The summed E-state index contributed by atoms with van der Waals surface area (Å²) in [5.74, 6) is -1.70. The summed E-state index contributed by atoms with van der Waals surface area (Å²) in [6.45, 7) is 2.05. The lowest BCUT2D eigenvalue weighted by molar-refractivity contribution is -0.0484. The third-order valence-electron chi connectivity index (χ3n) is 5.80. The van der Waals surface area contributed by atoms with Crippen LogP contribution >= 0.6 is 0 Å². The fraction of sp³-hybridized carbons (Fsp3) is 0.259. The summed E-state index contributed by atoms with van der Waals surface area (Å²) in [5.41, 5.74) is 2.25. The minimum absolute atomic E-state index is 0.0276. The lowest BCUT2D eigenvalue weighted by Gasteiger charge is -2.36. The van der Waals surface area contributed by atoms with E-state index in [9.17, 15) is 19.8 Å². The zero-order valence-electron chi connectivity index (χ0n) is 19.0. The number of esters is 1. The highest BCUT2D eigenvalue weighted by Gasteiger charge is 2.33. The molecule has 3 atom stereocenters. The maximum Gasteiger partial charge on any atom is 0.339 e. The predicted octanol–water partition coefficient (Wildman–Crippen LogP) is 4.80. The van der Waals surface area contributed by atoms with E-state index >= 15 is 0 Å². The topological polar surface area (TPSA) is 87.1 Å². The molecule has 0 fully saturated rings. The number of rotatable bonds is 9. The number of hydrogen-bond donors (Lipinski definition) is 2. The maximum absolute atomic E-state index is 13.0. The van der Waals surface area contributed by atoms with Gasteiger partial charge in [-0.05, 0) is 67.9 Å². The molecule has 172 valence electrons. The Hall–Kier alpha value is -3.64. The minimum Gasteiger partial charge on any atom is -0.508 e. The summed E-state index contributed by atoms with van der Waals surface area (Å²) in [6.07, 6.45) is 0.0479. The Morgan fingerprint density at radius 2 is 1.58 bits per heavy atom. The zero-order valence-corrected chi connectivity index (χ0v) is 19.0. The van der Waals surface area contributed by atoms with E-state index in [4.69, 9.17) is 4.74 Å². The smallest absolute Gasteiger partial charge is 0.339 e. The number of phenolic OH excluding ortho intramolecular Hbond substituents is 1. The number of benzene rings is 3. The number of ether oxygens (including phenoxy) is 1. The van der Waals surface area contributed by atoms with Crippen LogP contribution in [-0.2, 0) is 11.2 Å². The van der Waals surface area contributed by atoms with Gasteiger partial charge in [0.1, 0.15) is 5.75 Å². The molecule has 3 unspecified atom stereocenters. The van der Waals surface area contributed by atoms with E-state index < -0.39 is 18.2 Å². The Morgan fingerprint density at radius 1 is 0.909 bits per heavy atom. The van der Waals surface area contributed by atoms with Crippen molar-refractivity contribution in [2.45, 2.75) is 25.5 Å². The van der Waals surface area contributed by atoms with E-state index in [1.165, 1.54) is 18.2 Å². The molecule has 0 heterocycles. The van der Waals surface area contributed by atoms with Crippen molar-refractivity contribution in [1.82, 2.24) is 4.90 Å². The fourth-order valence-electron chi connectivity index (χ4n) is 4.00. The third kappa shape index (κ3) is 6.20. The van der Waals surface area contributed by atoms with Crippen LogP contribution in [0.4, 0.5) is 0 Å². The van der Waals surface area contributed by atoms with Gasteiger partial charge >= 0.3 is 11.9 Å². The molecular weight excluding hydrogens is 418 g/mol. The van der Waals surface area contributed by atoms with Gasteiger partial charge in [0.05, 0.1) is 11.1 Å². The first-order chi connectivity index (χ1) is 15.8. The number of carbonyl (C=O) groups is 2. The summed E-state index contributed by atoms with van der Waals surface area (Å²) in [4.78, 5) is 26.2. The number of nitrogens with zero attached hydrogens (tertiary/aromatic N) is 1. The largest absolute Gasteiger partial charge is 0.508 e. The zero-order chi connectivity index (χ0) is 24.0. The lowest BCUT2D eigenvalue weighted by Crippen LogP contribution is -2.42. The molecular formula is C27H29NO5. The first kappa shape index (κ1) is 24.0. The molecule has 2 N–H and O–H groups in total. The lowest BCUT2D eigenvalue weighted by atomic mass is 9.81. The molecule has 3 rings (SSSR count). The number of hydrogen-bond acceptors (Lipinski definition) is 5. The van der Waals surface area contributed by atoms with Gasteiger partial charge in [-0.3, -0.25) is 4.90 Å².